The molecule has 0 aliphatic heterocycles. The molecule has 1 fully saturated rings. The second-order valence-corrected chi connectivity index (χ2v) is 4.92. The van der Waals surface area contributed by atoms with E-state index in [4.69, 9.17) is 0 Å². The zero-order chi connectivity index (χ0) is 15.6. The summed E-state index contributed by atoms with van der Waals surface area (Å²) in [6.07, 6.45) is 1.70. The molecular weight excluding hydrogens is 282 g/mol. The second-order valence-electron chi connectivity index (χ2n) is 4.92. The van der Waals surface area contributed by atoms with Crippen LogP contribution in [0.15, 0.2) is 18.2 Å². The van der Waals surface area contributed by atoms with E-state index in [9.17, 15) is 30.1 Å². The molecule has 9 nitrogen and oxygen atoms in total. The summed E-state index contributed by atoms with van der Waals surface area (Å²) in [6.45, 7) is -0.0272. The van der Waals surface area contributed by atoms with Gasteiger partial charge in [0.05, 0.1) is 15.9 Å². The van der Waals surface area contributed by atoms with Gasteiger partial charge < -0.3 is 5.11 Å². The van der Waals surface area contributed by atoms with Crippen LogP contribution < -0.4 is 5.32 Å². The van der Waals surface area contributed by atoms with E-state index in [0.717, 1.165) is 18.6 Å². The summed E-state index contributed by atoms with van der Waals surface area (Å²) in [5, 5.41) is 33.6. The van der Waals surface area contributed by atoms with Gasteiger partial charge in [0.15, 0.2) is 0 Å². The van der Waals surface area contributed by atoms with E-state index in [-0.39, 0.29) is 17.8 Å². The second kappa shape index (κ2) is 5.44. The maximum absolute atomic E-state index is 11.2. The smallest absolute Gasteiger partial charge is 0.323 e. The molecule has 0 radical (unpaired) electrons. The summed E-state index contributed by atoms with van der Waals surface area (Å²) in [5.41, 5.74) is -1.59. The molecule has 2 rings (SSSR count). The average molecular weight is 295 g/mol. The number of nitrogens with one attached hydrogen (secondary N) is 1. The Bertz CT molecular complexity index is 611. The fourth-order valence-corrected chi connectivity index (χ4v) is 2.25. The third-order valence-electron chi connectivity index (χ3n) is 3.71. The van der Waals surface area contributed by atoms with Crippen molar-refractivity contribution in [3.8, 4) is 0 Å². The molecule has 0 spiro atoms. The molecule has 1 saturated carbocycles. The van der Waals surface area contributed by atoms with Crippen molar-refractivity contribution in [1.29, 1.82) is 0 Å². The molecule has 0 heterocycles. The maximum atomic E-state index is 11.2. The van der Waals surface area contributed by atoms with E-state index < -0.39 is 27.0 Å². The van der Waals surface area contributed by atoms with Crippen LogP contribution in [0.1, 0.15) is 24.8 Å². The molecule has 2 N–H and O–H groups in total. The number of aliphatic carboxylic acids is 1. The van der Waals surface area contributed by atoms with Gasteiger partial charge in [0.25, 0.3) is 11.4 Å². The SMILES string of the molecule is O=C(O)C1(NCc2ccc([N+](=O)[O-])cc2[N+](=O)[O-])CCC1. The molecule has 0 unspecified atom stereocenters. The van der Waals surface area contributed by atoms with Gasteiger partial charge in [-0.2, -0.15) is 0 Å². The van der Waals surface area contributed by atoms with Gasteiger partial charge in [0.1, 0.15) is 5.54 Å². The van der Waals surface area contributed by atoms with Crippen LogP contribution in [0, 0.1) is 20.2 Å². The van der Waals surface area contributed by atoms with E-state index in [1.165, 1.54) is 6.07 Å². The Labute approximate surface area is 118 Å². The van der Waals surface area contributed by atoms with Crippen LogP contribution in [0.4, 0.5) is 11.4 Å². The normalized spacial score (nSPS) is 16.0. The molecule has 0 aromatic heterocycles. The molecule has 1 aromatic rings. The van der Waals surface area contributed by atoms with Gasteiger partial charge in [-0.1, -0.05) is 0 Å². The van der Waals surface area contributed by atoms with Crippen LogP contribution in [0.2, 0.25) is 0 Å². The number of hydrogen-bond acceptors (Lipinski definition) is 6. The zero-order valence-electron chi connectivity index (χ0n) is 10.9. The molecule has 112 valence electrons. The number of nitro benzene ring substituents is 2. The topological polar surface area (TPSA) is 136 Å². The van der Waals surface area contributed by atoms with E-state index in [0.29, 0.717) is 12.8 Å². The first-order valence-corrected chi connectivity index (χ1v) is 6.26. The first kappa shape index (κ1) is 14.9. The summed E-state index contributed by atoms with van der Waals surface area (Å²) in [5.74, 6) is -0.988. The van der Waals surface area contributed by atoms with Gasteiger partial charge in [0, 0.05) is 18.2 Å². The molecule has 0 atom stereocenters. The number of nitrogens with zero attached hydrogens (tertiary/aromatic N) is 2. The van der Waals surface area contributed by atoms with E-state index in [2.05, 4.69) is 5.32 Å². The molecular formula is C12H13N3O6. The number of non-ortho nitro benzene ring substituents is 1. The number of rotatable bonds is 6. The van der Waals surface area contributed by atoms with Gasteiger partial charge in [-0.05, 0) is 25.3 Å². The van der Waals surface area contributed by atoms with Crippen molar-refractivity contribution in [3.63, 3.8) is 0 Å². The first-order valence-electron chi connectivity index (χ1n) is 6.26. The number of nitro groups is 2. The molecule has 1 aliphatic rings. The van der Waals surface area contributed by atoms with E-state index >= 15 is 0 Å². The lowest BCUT2D eigenvalue weighted by atomic mass is 9.76. The number of benzene rings is 1. The lowest BCUT2D eigenvalue weighted by molar-refractivity contribution is -0.394. The largest absolute Gasteiger partial charge is 0.480 e. The average Bonchev–Trinajstić information content (AvgIpc) is 2.36. The molecule has 0 amide bonds. The van der Waals surface area contributed by atoms with Crippen LogP contribution in [0.25, 0.3) is 0 Å². The minimum Gasteiger partial charge on any atom is -0.480 e. The van der Waals surface area contributed by atoms with Crippen molar-refractivity contribution in [2.24, 2.45) is 0 Å². The minimum absolute atomic E-state index is 0.0272. The minimum atomic E-state index is -1.05. The van der Waals surface area contributed by atoms with Crippen molar-refractivity contribution in [3.05, 3.63) is 44.0 Å². The Morgan fingerprint density at radius 3 is 2.38 bits per heavy atom. The van der Waals surface area contributed by atoms with Gasteiger partial charge in [-0.15, -0.1) is 0 Å². The summed E-state index contributed by atoms with van der Waals surface area (Å²) in [4.78, 5) is 31.4. The van der Waals surface area contributed by atoms with Gasteiger partial charge >= 0.3 is 5.97 Å². The molecule has 21 heavy (non-hydrogen) atoms. The highest BCUT2D eigenvalue weighted by Gasteiger charge is 2.44. The number of carbonyl (C=O) groups is 1. The highest BCUT2D eigenvalue weighted by Crippen LogP contribution is 2.33. The Morgan fingerprint density at radius 1 is 1.29 bits per heavy atom. The highest BCUT2D eigenvalue weighted by atomic mass is 16.6. The van der Waals surface area contributed by atoms with Gasteiger partial charge in [0.2, 0.25) is 0 Å². The predicted molar refractivity (Wildman–Crippen MR) is 70.8 cm³/mol. The standard InChI is InChI=1S/C12H13N3O6/c16-11(17)12(4-1-5-12)13-7-8-2-3-9(14(18)19)6-10(8)15(20)21/h2-3,6,13H,1,4-5,7H2,(H,16,17). The lowest BCUT2D eigenvalue weighted by Crippen LogP contribution is -2.56. The van der Waals surface area contributed by atoms with Crippen LogP contribution in [-0.4, -0.2) is 26.5 Å². The molecule has 0 bridgehead atoms. The number of hydrogen-bond donors (Lipinski definition) is 2. The van der Waals surface area contributed by atoms with E-state index in [1.54, 1.807) is 0 Å². The summed E-state index contributed by atoms with van der Waals surface area (Å²) in [6, 6.07) is 3.32. The number of carboxylic acids is 1. The van der Waals surface area contributed by atoms with Crippen molar-refractivity contribution in [1.82, 2.24) is 5.32 Å². The van der Waals surface area contributed by atoms with Crippen LogP contribution in [-0.2, 0) is 11.3 Å². The fraction of sp³-hybridized carbons (Fsp3) is 0.417. The molecule has 9 heteroatoms. The van der Waals surface area contributed by atoms with Crippen molar-refractivity contribution in [2.45, 2.75) is 31.3 Å². The Balaban J connectivity index is 2.22. The molecule has 0 saturated heterocycles. The Kier molecular flexibility index (Phi) is 3.85. The Hall–Kier alpha value is -2.55. The fourth-order valence-electron chi connectivity index (χ4n) is 2.25. The van der Waals surface area contributed by atoms with Crippen LogP contribution >= 0.6 is 0 Å². The monoisotopic (exact) mass is 295 g/mol. The van der Waals surface area contributed by atoms with Crippen LogP contribution in [0.5, 0.6) is 0 Å². The molecule has 1 aromatic carbocycles. The first-order chi connectivity index (χ1) is 9.85. The van der Waals surface area contributed by atoms with Gasteiger partial charge in [-0.25, -0.2) is 0 Å². The predicted octanol–water partition coefficient (Wildman–Crippen LogP) is 1.60. The summed E-state index contributed by atoms with van der Waals surface area (Å²) >= 11 is 0. The number of carboxylic acid groups (broad SMARTS) is 1. The highest BCUT2D eigenvalue weighted by molar-refractivity contribution is 5.80. The van der Waals surface area contributed by atoms with Crippen molar-refractivity contribution in [2.75, 3.05) is 0 Å². The lowest BCUT2D eigenvalue weighted by Gasteiger charge is -2.38. The quantitative estimate of drug-likeness (QED) is 0.600. The third kappa shape index (κ3) is 2.82. The third-order valence-corrected chi connectivity index (χ3v) is 3.71. The van der Waals surface area contributed by atoms with Gasteiger partial charge in [-0.3, -0.25) is 30.3 Å². The molecule has 1 aliphatic carbocycles. The van der Waals surface area contributed by atoms with Crippen LogP contribution in [0.3, 0.4) is 0 Å². The zero-order valence-corrected chi connectivity index (χ0v) is 10.9. The summed E-state index contributed by atoms with van der Waals surface area (Å²) < 4.78 is 0. The Morgan fingerprint density at radius 2 is 1.95 bits per heavy atom. The van der Waals surface area contributed by atoms with Crippen molar-refractivity contribution < 1.29 is 19.7 Å². The summed E-state index contributed by atoms with van der Waals surface area (Å²) in [7, 11) is 0. The maximum Gasteiger partial charge on any atom is 0.323 e. The van der Waals surface area contributed by atoms with E-state index in [1.807, 2.05) is 0 Å². The van der Waals surface area contributed by atoms with Crippen molar-refractivity contribution >= 4 is 17.3 Å².